The monoisotopic (exact) mass is 388 g/mol. The van der Waals surface area contributed by atoms with Gasteiger partial charge in [0, 0.05) is 40.4 Å². The normalized spacial score (nSPS) is 12.1. The van der Waals surface area contributed by atoms with E-state index in [2.05, 4.69) is 19.2 Å². The molecular weight excluding hydrogens is 364 g/mol. The van der Waals surface area contributed by atoms with Crippen molar-refractivity contribution in [3.05, 3.63) is 58.2 Å². The Morgan fingerprint density at radius 3 is 2.63 bits per heavy atom. The molecule has 0 radical (unpaired) electrons. The molecule has 2 aromatic heterocycles. The molecule has 3 N–H and O–H groups in total. The smallest absolute Gasteiger partial charge is 0.287 e. The molecule has 0 aliphatic heterocycles. The molecule has 6 heteroatoms. The highest BCUT2D eigenvalue weighted by Gasteiger charge is 2.18. The lowest BCUT2D eigenvalue weighted by atomic mass is 10.1. The molecule has 144 valence electrons. The summed E-state index contributed by atoms with van der Waals surface area (Å²) in [4.78, 5) is 12.2. The molecule has 3 aromatic rings. The summed E-state index contributed by atoms with van der Waals surface area (Å²) in [6.07, 6.45) is 0.484. The Balaban J connectivity index is 1.82. The second-order valence-corrected chi connectivity index (χ2v) is 8.34. The van der Waals surface area contributed by atoms with Crippen LogP contribution in [-0.4, -0.2) is 18.0 Å². The van der Waals surface area contributed by atoms with E-state index in [1.807, 2.05) is 32.0 Å². The predicted molar refractivity (Wildman–Crippen MR) is 107 cm³/mol. The maximum atomic E-state index is 12.2. The Hall–Kier alpha value is -2.24. The number of carbonyl (C=O) groups is 1. The molecule has 0 saturated carbocycles. The van der Waals surface area contributed by atoms with Crippen molar-refractivity contribution in [1.29, 1.82) is 0 Å². The number of halogens is 1. The molecule has 1 aromatic carbocycles. The minimum atomic E-state index is -0.481. The largest absolute Gasteiger partial charge is 0.461 e. The van der Waals surface area contributed by atoms with Gasteiger partial charge in [0.2, 0.25) is 0 Å². The summed E-state index contributed by atoms with van der Waals surface area (Å²) < 4.78 is 11.7. The van der Waals surface area contributed by atoms with Crippen LogP contribution in [0.1, 0.15) is 61.3 Å². The molecule has 0 saturated heterocycles. The van der Waals surface area contributed by atoms with Crippen molar-refractivity contribution < 1.29 is 13.6 Å². The number of amides is 1. The second kappa shape index (κ2) is 7.41. The van der Waals surface area contributed by atoms with Crippen molar-refractivity contribution in [2.45, 2.75) is 45.6 Å². The van der Waals surface area contributed by atoms with Crippen molar-refractivity contribution in [3.8, 4) is 0 Å². The lowest BCUT2D eigenvalue weighted by Crippen LogP contribution is -2.45. The average molecular weight is 389 g/mol. The summed E-state index contributed by atoms with van der Waals surface area (Å²) in [5, 5.41) is 4.38. The van der Waals surface area contributed by atoms with Crippen molar-refractivity contribution in [3.63, 3.8) is 0 Å². The fourth-order valence-electron chi connectivity index (χ4n) is 2.80. The molecule has 0 fully saturated rings. The van der Waals surface area contributed by atoms with Gasteiger partial charge < -0.3 is 19.9 Å². The summed E-state index contributed by atoms with van der Waals surface area (Å²) in [7, 11) is 0. The number of nitrogens with one attached hydrogen (secondary N) is 1. The third-order valence-corrected chi connectivity index (χ3v) is 4.42. The Morgan fingerprint density at radius 2 is 1.96 bits per heavy atom. The molecule has 0 bridgehead atoms. The number of hydrogen-bond donors (Lipinski definition) is 2. The first-order valence-electron chi connectivity index (χ1n) is 9.00. The van der Waals surface area contributed by atoms with Gasteiger partial charge in [0.05, 0.1) is 0 Å². The van der Waals surface area contributed by atoms with Crippen LogP contribution in [0.15, 0.2) is 39.2 Å². The van der Waals surface area contributed by atoms with Crippen LogP contribution in [-0.2, 0) is 6.42 Å². The minimum absolute atomic E-state index is 0.259. The Labute approximate surface area is 163 Å². The third-order valence-electron chi connectivity index (χ3n) is 4.20. The number of benzene rings is 1. The van der Waals surface area contributed by atoms with E-state index >= 15 is 0 Å². The van der Waals surface area contributed by atoms with Crippen LogP contribution < -0.4 is 11.1 Å². The van der Waals surface area contributed by atoms with Crippen LogP contribution in [0, 0.1) is 0 Å². The molecule has 0 unspecified atom stereocenters. The molecule has 27 heavy (non-hydrogen) atoms. The third kappa shape index (κ3) is 4.73. The van der Waals surface area contributed by atoms with E-state index in [1.54, 1.807) is 12.1 Å². The summed E-state index contributed by atoms with van der Waals surface area (Å²) in [6, 6.07) is 9.24. The molecule has 5 nitrogen and oxygen atoms in total. The first-order chi connectivity index (χ1) is 12.6. The van der Waals surface area contributed by atoms with Gasteiger partial charge in [-0.15, -0.1) is 0 Å². The Kier molecular flexibility index (Phi) is 5.36. The standard InChI is InChI=1S/C21H25ClN2O3/c1-12(2)18-10-14-8-15(22)7-13(19(14)27-18)9-16-5-6-17(26-16)20(25)24-11-21(3,4)23/h5-8,10,12H,9,11,23H2,1-4H3,(H,24,25). The zero-order chi connectivity index (χ0) is 19.8. The number of fused-ring (bicyclic) bond motifs is 1. The van der Waals surface area contributed by atoms with E-state index in [9.17, 15) is 4.79 Å². The fourth-order valence-corrected chi connectivity index (χ4v) is 3.05. The van der Waals surface area contributed by atoms with Gasteiger partial charge in [0.25, 0.3) is 5.91 Å². The zero-order valence-corrected chi connectivity index (χ0v) is 16.8. The molecule has 3 rings (SSSR count). The quantitative estimate of drug-likeness (QED) is 0.631. The highest BCUT2D eigenvalue weighted by Crippen LogP contribution is 2.31. The number of nitrogens with two attached hydrogens (primary N) is 1. The highest BCUT2D eigenvalue weighted by atomic mass is 35.5. The van der Waals surface area contributed by atoms with E-state index in [1.165, 1.54) is 0 Å². The molecule has 0 spiro atoms. The van der Waals surface area contributed by atoms with Crippen LogP contribution in [0.2, 0.25) is 5.02 Å². The number of carbonyl (C=O) groups excluding carboxylic acids is 1. The molecule has 0 aliphatic carbocycles. The second-order valence-electron chi connectivity index (χ2n) is 7.90. The van der Waals surface area contributed by atoms with E-state index in [-0.39, 0.29) is 17.6 Å². The first-order valence-corrected chi connectivity index (χ1v) is 9.38. The van der Waals surface area contributed by atoms with Crippen LogP contribution in [0.4, 0.5) is 0 Å². The van der Waals surface area contributed by atoms with Crippen LogP contribution in [0.3, 0.4) is 0 Å². The van der Waals surface area contributed by atoms with Crippen molar-refractivity contribution in [2.75, 3.05) is 6.54 Å². The maximum absolute atomic E-state index is 12.2. The molecule has 1 amide bonds. The number of furan rings is 2. The van der Waals surface area contributed by atoms with Gasteiger partial charge in [0.15, 0.2) is 5.76 Å². The predicted octanol–water partition coefficient (Wildman–Crippen LogP) is 4.86. The summed E-state index contributed by atoms with van der Waals surface area (Å²) >= 11 is 6.27. The van der Waals surface area contributed by atoms with Gasteiger partial charge in [-0.05, 0) is 44.2 Å². The molecule has 2 heterocycles. The van der Waals surface area contributed by atoms with Gasteiger partial charge in [-0.25, -0.2) is 0 Å². The van der Waals surface area contributed by atoms with Crippen molar-refractivity contribution >= 4 is 28.5 Å². The highest BCUT2D eigenvalue weighted by molar-refractivity contribution is 6.31. The van der Waals surface area contributed by atoms with Crippen molar-refractivity contribution in [2.24, 2.45) is 5.73 Å². The SMILES string of the molecule is CC(C)c1cc2cc(Cl)cc(Cc3ccc(C(=O)NCC(C)(C)N)o3)c2o1. The number of hydrogen-bond acceptors (Lipinski definition) is 4. The minimum Gasteiger partial charge on any atom is -0.461 e. The molecule has 0 aliphatic rings. The van der Waals surface area contributed by atoms with E-state index < -0.39 is 5.54 Å². The van der Waals surface area contributed by atoms with Gasteiger partial charge in [-0.3, -0.25) is 4.79 Å². The van der Waals surface area contributed by atoms with E-state index in [0.717, 1.165) is 22.3 Å². The lowest BCUT2D eigenvalue weighted by molar-refractivity contribution is 0.0916. The van der Waals surface area contributed by atoms with Crippen LogP contribution in [0.25, 0.3) is 11.0 Å². The maximum Gasteiger partial charge on any atom is 0.287 e. The van der Waals surface area contributed by atoms with Crippen LogP contribution in [0.5, 0.6) is 0 Å². The summed E-state index contributed by atoms with van der Waals surface area (Å²) in [6.45, 7) is 8.22. The number of rotatable bonds is 6. The van der Waals surface area contributed by atoms with Gasteiger partial charge >= 0.3 is 0 Å². The Morgan fingerprint density at radius 1 is 1.22 bits per heavy atom. The first kappa shape index (κ1) is 19.5. The average Bonchev–Trinajstić information content (AvgIpc) is 3.18. The van der Waals surface area contributed by atoms with Gasteiger partial charge in [0.1, 0.15) is 17.1 Å². The molecular formula is C21H25ClN2O3. The van der Waals surface area contributed by atoms with E-state index in [0.29, 0.717) is 23.7 Å². The molecule has 0 atom stereocenters. The van der Waals surface area contributed by atoms with Gasteiger partial charge in [-0.1, -0.05) is 25.4 Å². The Bertz CT molecular complexity index is 964. The summed E-state index contributed by atoms with van der Waals surface area (Å²) in [5.41, 5.74) is 7.14. The summed E-state index contributed by atoms with van der Waals surface area (Å²) in [5.74, 6) is 1.84. The van der Waals surface area contributed by atoms with E-state index in [4.69, 9.17) is 26.2 Å². The lowest BCUT2D eigenvalue weighted by Gasteiger charge is -2.18. The topological polar surface area (TPSA) is 81.4 Å². The zero-order valence-electron chi connectivity index (χ0n) is 16.1. The van der Waals surface area contributed by atoms with Gasteiger partial charge in [-0.2, -0.15) is 0 Å². The fraction of sp³-hybridized carbons (Fsp3) is 0.381. The van der Waals surface area contributed by atoms with Crippen molar-refractivity contribution in [1.82, 2.24) is 5.32 Å². The van der Waals surface area contributed by atoms with Crippen LogP contribution >= 0.6 is 11.6 Å².